The van der Waals surface area contributed by atoms with E-state index in [-0.39, 0.29) is 32.3 Å². The molecule has 43 heavy (non-hydrogen) atoms. The number of esters is 1. The molecule has 0 amide bonds. The molecule has 0 saturated heterocycles. The van der Waals surface area contributed by atoms with E-state index in [1.807, 2.05) is 0 Å². The van der Waals surface area contributed by atoms with Crippen molar-refractivity contribution in [1.29, 1.82) is 0 Å². The van der Waals surface area contributed by atoms with Gasteiger partial charge in [0.2, 0.25) is 0 Å². The summed E-state index contributed by atoms with van der Waals surface area (Å²) < 4.78 is 33.1. The Labute approximate surface area is 265 Å². The average Bonchev–Trinajstić information content (AvgIpc) is 2.99. The quantitative estimate of drug-likeness (QED) is 0.0401. The van der Waals surface area contributed by atoms with Crippen molar-refractivity contribution in [2.24, 2.45) is 5.73 Å². The smallest absolute Gasteiger partial charge is 0.457 e. The lowest BCUT2D eigenvalue weighted by atomic mass is 10.0. The molecule has 0 aromatic carbocycles. The zero-order valence-corrected chi connectivity index (χ0v) is 29.1. The third-order valence-corrected chi connectivity index (χ3v) is 8.76. The first-order valence-electron chi connectivity index (χ1n) is 18.0. The van der Waals surface area contributed by atoms with Gasteiger partial charge in [-0.3, -0.25) is 13.8 Å². The standard InChI is InChI=1S/C34H70NO7P/c1-3-5-7-9-11-12-13-14-15-16-17-18-19-20-21-22-24-26-29-39-31-33(32-41-43(37,38)40-30-28-35)42-34(36)27-25-23-10-8-6-4-2/h33H,3-32,35H2,1-2H3,(H,37,38). The second-order valence-corrected chi connectivity index (χ2v) is 13.6. The maximum Gasteiger partial charge on any atom is 0.472 e. The summed E-state index contributed by atoms with van der Waals surface area (Å²) in [4.78, 5) is 22.1. The number of rotatable bonds is 35. The normalized spacial score (nSPS) is 13.7. The molecule has 0 radical (unpaired) electrons. The predicted octanol–water partition coefficient (Wildman–Crippen LogP) is 9.80. The number of carbonyl (C=O) groups is 1. The van der Waals surface area contributed by atoms with E-state index in [9.17, 15) is 14.3 Å². The first kappa shape index (κ1) is 42.5. The maximum absolute atomic E-state index is 12.3. The molecule has 0 aliphatic heterocycles. The predicted molar refractivity (Wildman–Crippen MR) is 178 cm³/mol. The van der Waals surface area contributed by atoms with Gasteiger partial charge in [-0.05, 0) is 12.8 Å². The van der Waals surface area contributed by atoms with Crippen molar-refractivity contribution in [2.75, 3.05) is 33.0 Å². The fourth-order valence-electron chi connectivity index (χ4n) is 5.11. The topological polar surface area (TPSA) is 117 Å². The molecular formula is C34H70NO7P. The summed E-state index contributed by atoms with van der Waals surface area (Å²) in [6.45, 7) is 4.88. The lowest BCUT2D eigenvalue weighted by Gasteiger charge is -2.20. The minimum Gasteiger partial charge on any atom is -0.457 e. The molecule has 0 aromatic heterocycles. The third-order valence-electron chi connectivity index (χ3n) is 7.77. The fourth-order valence-corrected chi connectivity index (χ4v) is 5.88. The van der Waals surface area contributed by atoms with Gasteiger partial charge in [-0.15, -0.1) is 0 Å². The van der Waals surface area contributed by atoms with Crippen LogP contribution in [0.4, 0.5) is 0 Å². The van der Waals surface area contributed by atoms with Crippen LogP contribution in [0, 0.1) is 0 Å². The molecule has 0 aliphatic carbocycles. The number of phosphoric ester groups is 1. The molecule has 0 aromatic rings. The highest BCUT2D eigenvalue weighted by atomic mass is 31.2. The van der Waals surface area contributed by atoms with Gasteiger partial charge in [-0.1, -0.05) is 155 Å². The molecular weight excluding hydrogens is 565 g/mol. The summed E-state index contributed by atoms with van der Waals surface area (Å²) in [5.74, 6) is -0.337. The molecule has 0 bridgehead atoms. The zero-order valence-electron chi connectivity index (χ0n) is 28.2. The van der Waals surface area contributed by atoms with Gasteiger partial charge < -0.3 is 20.1 Å². The minimum atomic E-state index is -4.25. The van der Waals surface area contributed by atoms with Crippen molar-refractivity contribution in [3.05, 3.63) is 0 Å². The number of phosphoric acid groups is 1. The molecule has 0 heterocycles. The summed E-state index contributed by atoms with van der Waals surface area (Å²) >= 11 is 0. The highest BCUT2D eigenvalue weighted by Crippen LogP contribution is 2.43. The SMILES string of the molecule is CCCCCCCCCCCCCCCCCCCCOCC(COP(=O)(O)OCCN)OC(=O)CCCCCCCC. The monoisotopic (exact) mass is 635 g/mol. The molecule has 0 spiro atoms. The first-order chi connectivity index (χ1) is 20.9. The van der Waals surface area contributed by atoms with E-state index in [4.69, 9.17) is 24.3 Å². The second kappa shape index (κ2) is 32.9. The Morgan fingerprint density at radius 1 is 0.605 bits per heavy atom. The minimum absolute atomic E-state index is 0.0912. The number of hydrogen-bond acceptors (Lipinski definition) is 7. The van der Waals surface area contributed by atoms with Crippen LogP contribution in [0.25, 0.3) is 0 Å². The van der Waals surface area contributed by atoms with Gasteiger partial charge in [0, 0.05) is 19.6 Å². The van der Waals surface area contributed by atoms with Crippen LogP contribution in [-0.4, -0.2) is 49.9 Å². The van der Waals surface area contributed by atoms with E-state index in [1.165, 1.54) is 122 Å². The highest BCUT2D eigenvalue weighted by Gasteiger charge is 2.25. The molecule has 0 saturated carbocycles. The summed E-state index contributed by atoms with van der Waals surface area (Å²) in [5, 5.41) is 0. The van der Waals surface area contributed by atoms with E-state index >= 15 is 0 Å². The lowest BCUT2D eigenvalue weighted by molar-refractivity contribution is -0.154. The van der Waals surface area contributed by atoms with E-state index < -0.39 is 13.9 Å². The van der Waals surface area contributed by atoms with Gasteiger partial charge in [0.15, 0.2) is 0 Å². The summed E-state index contributed by atoms with van der Waals surface area (Å²) in [6, 6.07) is 0. The van der Waals surface area contributed by atoms with Gasteiger partial charge in [0.1, 0.15) is 6.10 Å². The Morgan fingerprint density at radius 3 is 1.47 bits per heavy atom. The molecule has 258 valence electrons. The number of ether oxygens (including phenoxy) is 2. The molecule has 0 aliphatic rings. The van der Waals surface area contributed by atoms with E-state index in [2.05, 4.69) is 13.8 Å². The van der Waals surface area contributed by atoms with Crippen molar-refractivity contribution in [2.45, 2.75) is 180 Å². The van der Waals surface area contributed by atoms with Crippen molar-refractivity contribution >= 4 is 13.8 Å². The van der Waals surface area contributed by atoms with Gasteiger partial charge in [0.05, 0.1) is 19.8 Å². The van der Waals surface area contributed by atoms with Crippen molar-refractivity contribution in [1.82, 2.24) is 0 Å². The maximum atomic E-state index is 12.3. The van der Waals surface area contributed by atoms with Crippen LogP contribution in [0.3, 0.4) is 0 Å². The highest BCUT2D eigenvalue weighted by molar-refractivity contribution is 7.47. The van der Waals surface area contributed by atoms with Crippen LogP contribution in [-0.2, 0) is 27.9 Å². The Balaban J connectivity index is 3.89. The van der Waals surface area contributed by atoms with Gasteiger partial charge in [-0.25, -0.2) is 4.57 Å². The van der Waals surface area contributed by atoms with E-state index in [0.717, 1.165) is 32.1 Å². The van der Waals surface area contributed by atoms with Gasteiger partial charge >= 0.3 is 13.8 Å². The molecule has 2 atom stereocenters. The zero-order chi connectivity index (χ0) is 31.7. The molecule has 3 N–H and O–H groups in total. The fraction of sp³-hybridized carbons (Fsp3) is 0.971. The largest absolute Gasteiger partial charge is 0.472 e. The number of unbranched alkanes of at least 4 members (excludes halogenated alkanes) is 22. The summed E-state index contributed by atoms with van der Waals surface area (Å²) in [7, 11) is -4.25. The van der Waals surface area contributed by atoms with Crippen molar-refractivity contribution in [3.8, 4) is 0 Å². The van der Waals surface area contributed by atoms with Crippen LogP contribution < -0.4 is 5.73 Å². The summed E-state index contributed by atoms with van der Waals surface area (Å²) in [5.41, 5.74) is 5.33. The van der Waals surface area contributed by atoms with Crippen LogP contribution in [0.1, 0.15) is 174 Å². The molecule has 8 nitrogen and oxygen atoms in total. The number of carbonyl (C=O) groups excluding carboxylic acids is 1. The van der Waals surface area contributed by atoms with Crippen LogP contribution in [0.15, 0.2) is 0 Å². The van der Waals surface area contributed by atoms with Gasteiger partial charge in [0.25, 0.3) is 0 Å². The third kappa shape index (κ3) is 32.7. The number of nitrogens with two attached hydrogens (primary N) is 1. The summed E-state index contributed by atoms with van der Waals surface area (Å²) in [6.07, 6.45) is 30.0. The second-order valence-electron chi connectivity index (χ2n) is 12.1. The first-order valence-corrected chi connectivity index (χ1v) is 19.5. The Hall–Kier alpha value is -0.500. The van der Waals surface area contributed by atoms with Crippen LogP contribution in [0.2, 0.25) is 0 Å². The van der Waals surface area contributed by atoms with Crippen molar-refractivity contribution < 1.29 is 32.8 Å². The van der Waals surface area contributed by atoms with Crippen LogP contribution in [0.5, 0.6) is 0 Å². The average molecular weight is 636 g/mol. The molecule has 0 fully saturated rings. The molecule has 0 rings (SSSR count). The Kier molecular flexibility index (Phi) is 32.5. The molecule has 2 unspecified atom stereocenters. The Bertz CT molecular complexity index is 638. The Morgan fingerprint density at radius 2 is 1.02 bits per heavy atom. The van der Waals surface area contributed by atoms with E-state index in [1.54, 1.807) is 0 Å². The van der Waals surface area contributed by atoms with Crippen LogP contribution >= 0.6 is 7.82 Å². The van der Waals surface area contributed by atoms with E-state index in [0.29, 0.717) is 13.0 Å². The molecule has 9 heteroatoms. The lowest BCUT2D eigenvalue weighted by Crippen LogP contribution is -2.28. The van der Waals surface area contributed by atoms with Gasteiger partial charge in [-0.2, -0.15) is 0 Å². The number of hydrogen-bond donors (Lipinski definition) is 2. The van der Waals surface area contributed by atoms with Crippen molar-refractivity contribution in [3.63, 3.8) is 0 Å².